The Hall–Kier alpha value is -2.59. The van der Waals surface area contributed by atoms with E-state index in [1.807, 2.05) is 47.4 Å². The van der Waals surface area contributed by atoms with Gasteiger partial charge in [0.2, 0.25) is 0 Å². The smallest absolute Gasteiger partial charge is 0.254 e. The maximum atomic E-state index is 13.3. The van der Waals surface area contributed by atoms with E-state index in [1.165, 1.54) is 10.4 Å². The third-order valence-electron chi connectivity index (χ3n) is 4.66. The van der Waals surface area contributed by atoms with Gasteiger partial charge < -0.3 is 9.64 Å². The Bertz CT molecular complexity index is 888. The van der Waals surface area contributed by atoms with Crippen LogP contribution in [-0.4, -0.2) is 24.5 Å². The topological polar surface area (TPSA) is 29.5 Å². The van der Waals surface area contributed by atoms with Gasteiger partial charge in [-0.15, -0.1) is 11.3 Å². The lowest BCUT2D eigenvalue weighted by molar-refractivity contribution is 0.0695. The quantitative estimate of drug-likeness (QED) is 0.694. The highest BCUT2D eigenvalue weighted by molar-refractivity contribution is 7.10. The summed E-state index contributed by atoms with van der Waals surface area (Å²) in [5.74, 6) is 0.750. The van der Waals surface area contributed by atoms with Gasteiger partial charge >= 0.3 is 0 Å². The van der Waals surface area contributed by atoms with E-state index in [0.29, 0.717) is 11.3 Å². The zero-order chi connectivity index (χ0) is 17.2. The maximum Gasteiger partial charge on any atom is 0.254 e. The van der Waals surface area contributed by atoms with Gasteiger partial charge in [0.1, 0.15) is 5.75 Å². The normalized spacial score (nSPS) is 16.4. The van der Waals surface area contributed by atoms with Crippen LogP contribution in [0.25, 0.3) is 0 Å². The number of fused-ring (bicyclic) bond motifs is 1. The van der Waals surface area contributed by atoms with Gasteiger partial charge in [-0.05, 0) is 47.2 Å². The third-order valence-corrected chi connectivity index (χ3v) is 5.66. The summed E-state index contributed by atoms with van der Waals surface area (Å²) in [4.78, 5) is 16.6. The molecule has 3 nitrogen and oxygen atoms in total. The summed E-state index contributed by atoms with van der Waals surface area (Å²) >= 11 is 1.78. The number of hydrogen-bond donors (Lipinski definition) is 0. The summed E-state index contributed by atoms with van der Waals surface area (Å²) in [6.07, 6.45) is 0.909. The molecule has 2 heterocycles. The average molecular weight is 349 g/mol. The Labute approximate surface area is 151 Å². The zero-order valence-electron chi connectivity index (χ0n) is 14.0. The van der Waals surface area contributed by atoms with Gasteiger partial charge in [-0.1, -0.05) is 36.4 Å². The van der Waals surface area contributed by atoms with Crippen molar-refractivity contribution in [2.24, 2.45) is 0 Å². The fraction of sp³-hybridized carbons (Fsp3) is 0.190. The summed E-state index contributed by atoms with van der Waals surface area (Å²) in [6, 6.07) is 19.8. The summed E-state index contributed by atoms with van der Waals surface area (Å²) in [5, 5.41) is 2.13. The van der Waals surface area contributed by atoms with Crippen LogP contribution < -0.4 is 4.74 Å². The fourth-order valence-corrected chi connectivity index (χ4v) is 4.36. The molecule has 0 bridgehead atoms. The summed E-state index contributed by atoms with van der Waals surface area (Å²) in [5.41, 5.74) is 3.07. The first kappa shape index (κ1) is 15.9. The number of benzene rings is 2. The van der Waals surface area contributed by atoms with E-state index < -0.39 is 0 Å². The number of methoxy groups -OCH3 is 1. The summed E-state index contributed by atoms with van der Waals surface area (Å²) < 4.78 is 5.28. The number of carbonyl (C=O) groups excluding carboxylic acids is 1. The zero-order valence-corrected chi connectivity index (χ0v) is 14.8. The molecule has 3 aromatic rings. The molecule has 1 aliphatic rings. The molecule has 1 unspecified atom stereocenters. The number of rotatable bonds is 3. The summed E-state index contributed by atoms with van der Waals surface area (Å²) in [7, 11) is 1.62. The molecule has 0 N–H and O–H groups in total. The number of nitrogens with zero attached hydrogens (tertiary/aromatic N) is 1. The predicted molar refractivity (Wildman–Crippen MR) is 100 cm³/mol. The molecule has 0 radical (unpaired) electrons. The number of thiophene rings is 1. The molecule has 0 saturated heterocycles. The van der Waals surface area contributed by atoms with E-state index in [-0.39, 0.29) is 11.9 Å². The minimum Gasteiger partial charge on any atom is -0.497 e. The number of amides is 1. The Morgan fingerprint density at radius 2 is 1.96 bits per heavy atom. The standard InChI is InChI=1S/C21H19NO2S/c1-24-17-9-5-8-16(14-17)21(23)22-12-10-19-18(11-13-25-19)20(22)15-6-3-2-4-7-15/h2-9,11,13-14,20H,10,12H2,1H3. The van der Waals surface area contributed by atoms with Gasteiger partial charge in [-0.3, -0.25) is 4.79 Å². The molecule has 25 heavy (non-hydrogen) atoms. The molecule has 4 rings (SSSR count). The van der Waals surface area contributed by atoms with E-state index in [0.717, 1.165) is 18.5 Å². The van der Waals surface area contributed by atoms with Crippen molar-refractivity contribution < 1.29 is 9.53 Å². The first-order valence-corrected chi connectivity index (χ1v) is 9.22. The minimum atomic E-state index is -0.0325. The van der Waals surface area contributed by atoms with Crippen molar-refractivity contribution in [2.75, 3.05) is 13.7 Å². The predicted octanol–water partition coefficient (Wildman–Crippen LogP) is 4.54. The van der Waals surface area contributed by atoms with Crippen LogP contribution in [0.1, 0.15) is 32.4 Å². The van der Waals surface area contributed by atoms with Crippen molar-refractivity contribution in [1.82, 2.24) is 4.90 Å². The van der Waals surface area contributed by atoms with Gasteiger partial charge in [-0.2, -0.15) is 0 Å². The molecular weight excluding hydrogens is 330 g/mol. The number of ether oxygens (including phenoxy) is 1. The highest BCUT2D eigenvalue weighted by atomic mass is 32.1. The number of carbonyl (C=O) groups is 1. The SMILES string of the molecule is COc1cccc(C(=O)N2CCc3sccc3C2c2ccccc2)c1. The Morgan fingerprint density at radius 1 is 1.12 bits per heavy atom. The van der Waals surface area contributed by atoms with Crippen LogP contribution in [0.5, 0.6) is 5.75 Å². The largest absolute Gasteiger partial charge is 0.497 e. The van der Waals surface area contributed by atoms with E-state index in [4.69, 9.17) is 4.74 Å². The van der Waals surface area contributed by atoms with Crippen LogP contribution in [-0.2, 0) is 6.42 Å². The first-order valence-electron chi connectivity index (χ1n) is 8.34. The fourth-order valence-electron chi connectivity index (χ4n) is 3.45. The Balaban J connectivity index is 1.76. The van der Waals surface area contributed by atoms with E-state index in [9.17, 15) is 4.79 Å². The van der Waals surface area contributed by atoms with Gasteiger partial charge in [0.05, 0.1) is 13.2 Å². The maximum absolute atomic E-state index is 13.3. The van der Waals surface area contributed by atoms with Crippen molar-refractivity contribution in [1.29, 1.82) is 0 Å². The summed E-state index contributed by atoms with van der Waals surface area (Å²) in [6.45, 7) is 0.725. The lowest BCUT2D eigenvalue weighted by Gasteiger charge is -2.36. The lowest BCUT2D eigenvalue weighted by atomic mass is 9.92. The molecule has 0 fully saturated rings. The van der Waals surface area contributed by atoms with Crippen LogP contribution >= 0.6 is 11.3 Å². The van der Waals surface area contributed by atoms with Crippen molar-refractivity contribution >= 4 is 17.2 Å². The van der Waals surface area contributed by atoms with Crippen molar-refractivity contribution in [3.8, 4) is 5.75 Å². The molecular formula is C21H19NO2S. The van der Waals surface area contributed by atoms with Gasteiger partial charge in [-0.25, -0.2) is 0 Å². The van der Waals surface area contributed by atoms with Crippen LogP contribution in [0.3, 0.4) is 0 Å². The second kappa shape index (κ2) is 6.73. The molecule has 4 heteroatoms. The average Bonchev–Trinajstić information content (AvgIpc) is 3.16. The Kier molecular flexibility index (Phi) is 4.28. The van der Waals surface area contributed by atoms with E-state index in [1.54, 1.807) is 18.4 Å². The molecule has 1 aromatic heterocycles. The van der Waals surface area contributed by atoms with Crippen molar-refractivity contribution in [3.63, 3.8) is 0 Å². The first-order chi connectivity index (χ1) is 12.3. The second-order valence-electron chi connectivity index (χ2n) is 6.09. The van der Waals surface area contributed by atoms with Crippen LogP contribution in [0.15, 0.2) is 66.0 Å². The Morgan fingerprint density at radius 3 is 2.76 bits per heavy atom. The highest BCUT2D eigenvalue weighted by Crippen LogP contribution is 2.38. The molecule has 126 valence electrons. The molecule has 2 aromatic carbocycles. The van der Waals surface area contributed by atoms with Crippen molar-refractivity contribution in [3.05, 3.63) is 87.6 Å². The molecule has 1 aliphatic heterocycles. The van der Waals surface area contributed by atoms with E-state index in [2.05, 4.69) is 23.6 Å². The van der Waals surface area contributed by atoms with Crippen LogP contribution in [0.4, 0.5) is 0 Å². The number of hydrogen-bond acceptors (Lipinski definition) is 3. The van der Waals surface area contributed by atoms with Crippen molar-refractivity contribution in [2.45, 2.75) is 12.5 Å². The minimum absolute atomic E-state index is 0.0325. The monoisotopic (exact) mass is 349 g/mol. The van der Waals surface area contributed by atoms with Crippen LogP contribution in [0.2, 0.25) is 0 Å². The molecule has 0 aliphatic carbocycles. The highest BCUT2D eigenvalue weighted by Gasteiger charge is 2.33. The molecule has 0 saturated carbocycles. The van der Waals surface area contributed by atoms with Gasteiger partial charge in [0.15, 0.2) is 0 Å². The van der Waals surface area contributed by atoms with E-state index >= 15 is 0 Å². The van der Waals surface area contributed by atoms with Crippen LogP contribution in [0, 0.1) is 0 Å². The molecule has 0 spiro atoms. The van der Waals surface area contributed by atoms with Gasteiger partial charge in [0, 0.05) is 17.0 Å². The van der Waals surface area contributed by atoms with Gasteiger partial charge in [0.25, 0.3) is 5.91 Å². The second-order valence-corrected chi connectivity index (χ2v) is 7.09. The molecule has 1 atom stereocenters. The third kappa shape index (κ3) is 2.94. The molecule has 1 amide bonds. The lowest BCUT2D eigenvalue weighted by Crippen LogP contribution is -2.40.